The Morgan fingerprint density at radius 1 is 1.17 bits per heavy atom. The first-order chi connectivity index (χ1) is 8.10. The molecule has 0 aromatic rings. The van der Waals surface area contributed by atoms with E-state index in [0.717, 1.165) is 25.9 Å². The van der Waals surface area contributed by atoms with Crippen molar-refractivity contribution < 1.29 is 8.42 Å². The van der Waals surface area contributed by atoms with Crippen molar-refractivity contribution in [2.75, 3.05) is 18.8 Å². The molecular weight excluding hydrogens is 246 g/mol. The second-order valence-electron chi connectivity index (χ2n) is 6.52. The molecule has 0 fully saturated rings. The van der Waals surface area contributed by atoms with Gasteiger partial charge in [-0.05, 0) is 58.5 Å². The molecule has 0 aliphatic rings. The number of rotatable bonds is 8. The van der Waals surface area contributed by atoms with Crippen LogP contribution in [0.5, 0.6) is 0 Å². The van der Waals surface area contributed by atoms with Gasteiger partial charge in [0.1, 0.15) is 0 Å². The summed E-state index contributed by atoms with van der Waals surface area (Å²) in [5.74, 6) is 1.38. The molecule has 0 amide bonds. The quantitative estimate of drug-likeness (QED) is 0.742. The Morgan fingerprint density at radius 2 is 1.72 bits per heavy atom. The van der Waals surface area contributed by atoms with Crippen LogP contribution in [0.2, 0.25) is 0 Å². The summed E-state index contributed by atoms with van der Waals surface area (Å²) in [6, 6.07) is 0. The topological polar surface area (TPSA) is 46.2 Å². The summed E-state index contributed by atoms with van der Waals surface area (Å²) in [5.41, 5.74) is 0. The van der Waals surface area contributed by atoms with E-state index >= 15 is 0 Å². The fourth-order valence-electron chi connectivity index (χ4n) is 1.95. The van der Waals surface area contributed by atoms with Crippen LogP contribution in [-0.2, 0) is 9.84 Å². The molecule has 3 nitrogen and oxygen atoms in total. The summed E-state index contributed by atoms with van der Waals surface area (Å²) in [4.78, 5) is 0. The van der Waals surface area contributed by atoms with Crippen LogP contribution in [-0.4, -0.2) is 32.0 Å². The lowest BCUT2D eigenvalue weighted by Crippen LogP contribution is -2.32. The predicted octanol–water partition coefficient (Wildman–Crippen LogP) is 2.86. The Bertz CT molecular complexity index is 315. The zero-order valence-corrected chi connectivity index (χ0v) is 13.7. The first kappa shape index (κ1) is 17.9. The van der Waals surface area contributed by atoms with Gasteiger partial charge in [0.15, 0.2) is 9.84 Å². The summed E-state index contributed by atoms with van der Waals surface area (Å²) in [6.07, 6.45) is 1.86. The van der Waals surface area contributed by atoms with Crippen LogP contribution in [0.15, 0.2) is 0 Å². The first-order valence-corrected chi connectivity index (χ1v) is 8.68. The molecule has 18 heavy (non-hydrogen) atoms. The molecule has 1 N–H and O–H groups in total. The SMILES string of the molecule is CCNCC(CCS(=O)(=O)C(C)(C)C)CC(C)C. The van der Waals surface area contributed by atoms with Gasteiger partial charge in [-0.2, -0.15) is 0 Å². The van der Waals surface area contributed by atoms with E-state index in [0.29, 0.717) is 17.6 Å². The number of nitrogens with one attached hydrogen (secondary N) is 1. The van der Waals surface area contributed by atoms with Crippen molar-refractivity contribution in [3.05, 3.63) is 0 Å². The zero-order valence-electron chi connectivity index (χ0n) is 12.9. The maximum Gasteiger partial charge on any atom is 0.155 e. The van der Waals surface area contributed by atoms with Gasteiger partial charge in [0, 0.05) is 0 Å². The molecule has 0 bridgehead atoms. The van der Waals surface area contributed by atoms with Crippen molar-refractivity contribution in [3.8, 4) is 0 Å². The van der Waals surface area contributed by atoms with Crippen molar-refractivity contribution in [2.24, 2.45) is 11.8 Å². The standard InChI is InChI=1S/C14H31NO2S/c1-7-15-11-13(10-12(2)3)8-9-18(16,17)14(4,5)6/h12-13,15H,7-11H2,1-6H3. The summed E-state index contributed by atoms with van der Waals surface area (Å²) >= 11 is 0. The van der Waals surface area contributed by atoms with Crippen molar-refractivity contribution in [3.63, 3.8) is 0 Å². The van der Waals surface area contributed by atoms with Crippen LogP contribution < -0.4 is 5.32 Å². The molecule has 0 rings (SSSR count). The Morgan fingerprint density at radius 3 is 2.11 bits per heavy atom. The fourth-order valence-corrected chi connectivity index (χ4v) is 3.20. The normalized spacial score (nSPS) is 15.1. The van der Waals surface area contributed by atoms with Crippen LogP contribution in [0.1, 0.15) is 54.4 Å². The molecular formula is C14H31NO2S. The molecule has 0 saturated carbocycles. The highest BCUT2D eigenvalue weighted by Crippen LogP contribution is 2.21. The number of hydrogen-bond acceptors (Lipinski definition) is 3. The molecule has 0 heterocycles. The second-order valence-corrected chi connectivity index (χ2v) is 9.39. The molecule has 0 aromatic carbocycles. The lowest BCUT2D eigenvalue weighted by Gasteiger charge is -2.23. The van der Waals surface area contributed by atoms with E-state index in [4.69, 9.17) is 0 Å². The van der Waals surface area contributed by atoms with Gasteiger partial charge < -0.3 is 5.32 Å². The van der Waals surface area contributed by atoms with Gasteiger partial charge >= 0.3 is 0 Å². The molecule has 110 valence electrons. The monoisotopic (exact) mass is 277 g/mol. The summed E-state index contributed by atoms with van der Waals surface area (Å²) < 4.78 is 23.6. The largest absolute Gasteiger partial charge is 0.317 e. The van der Waals surface area contributed by atoms with E-state index in [1.165, 1.54) is 0 Å². The molecule has 1 unspecified atom stereocenters. The number of sulfone groups is 1. The predicted molar refractivity (Wildman–Crippen MR) is 79.6 cm³/mol. The van der Waals surface area contributed by atoms with E-state index in [1.54, 1.807) is 20.8 Å². The van der Waals surface area contributed by atoms with Gasteiger partial charge in [0.25, 0.3) is 0 Å². The molecule has 4 heteroatoms. The summed E-state index contributed by atoms with van der Waals surface area (Å²) in [6.45, 7) is 13.7. The maximum absolute atomic E-state index is 12.1. The second kappa shape index (κ2) is 7.49. The molecule has 0 aliphatic heterocycles. The molecule has 0 aromatic heterocycles. The van der Waals surface area contributed by atoms with Crippen molar-refractivity contribution in [1.82, 2.24) is 5.32 Å². The van der Waals surface area contributed by atoms with E-state index < -0.39 is 14.6 Å². The summed E-state index contributed by atoms with van der Waals surface area (Å²) in [7, 11) is -2.98. The van der Waals surface area contributed by atoms with Crippen LogP contribution in [0.3, 0.4) is 0 Å². The minimum Gasteiger partial charge on any atom is -0.317 e. The maximum atomic E-state index is 12.1. The van der Waals surface area contributed by atoms with Gasteiger partial charge in [-0.25, -0.2) is 8.42 Å². The minimum atomic E-state index is -2.98. The van der Waals surface area contributed by atoms with E-state index in [-0.39, 0.29) is 0 Å². The molecule has 0 radical (unpaired) electrons. The van der Waals surface area contributed by atoms with Crippen LogP contribution in [0, 0.1) is 11.8 Å². The highest BCUT2D eigenvalue weighted by Gasteiger charge is 2.29. The average molecular weight is 277 g/mol. The molecule has 0 aliphatic carbocycles. The lowest BCUT2D eigenvalue weighted by molar-refractivity contribution is 0.380. The van der Waals surface area contributed by atoms with Gasteiger partial charge in [0.2, 0.25) is 0 Å². The van der Waals surface area contributed by atoms with Crippen LogP contribution >= 0.6 is 0 Å². The van der Waals surface area contributed by atoms with Crippen LogP contribution in [0.4, 0.5) is 0 Å². The first-order valence-electron chi connectivity index (χ1n) is 7.03. The van der Waals surface area contributed by atoms with Crippen LogP contribution in [0.25, 0.3) is 0 Å². The van der Waals surface area contributed by atoms with Gasteiger partial charge in [-0.3, -0.25) is 0 Å². The third-order valence-corrected chi connectivity index (χ3v) is 5.85. The minimum absolute atomic E-state index is 0.305. The Kier molecular flexibility index (Phi) is 7.45. The van der Waals surface area contributed by atoms with E-state index in [1.807, 2.05) is 0 Å². The highest BCUT2D eigenvalue weighted by molar-refractivity contribution is 7.92. The Hall–Kier alpha value is -0.0900. The third kappa shape index (κ3) is 6.74. The van der Waals surface area contributed by atoms with E-state index in [2.05, 4.69) is 26.1 Å². The molecule has 1 atom stereocenters. The molecule has 0 spiro atoms. The zero-order chi connectivity index (χ0) is 14.4. The summed E-state index contributed by atoms with van der Waals surface area (Å²) in [5, 5.41) is 3.33. The van der Waals surface area contributed by atoms with Gasteiger partial charge in [-0.15, -0.1) is 0 Å². The fraction of sp³-hybridized carbons (Fsp3) is 1.00. The van der Waals surface area contributed by atoms with Crippen molar-refractivity contribution in [2.45, 2.75) is 59.1 Å². The third-order valence-electron chi connectivity index (χ3n) is 3.22. The number of hydrogen-bond donors (Lipinski definition) is 1. The van der Waals surface area contributed by atoms with Crippen molar-refractivity contribution >= 4 is 9.84 Å². The van der Waals surface area contributed by atoms with Gasteiger partial charge in [-0.1, -0.05) is 20.8 Å². The Labute approximate surface area is 114 Å². The molecule has 0 saturated heterocycles. The Balaban J connectivity index is 4.42. The lowest BCUT2D eigenvalue weighted by atomic mass is 9.95. The highest BCUT2D eigenvalue weighted by atomic mass is 32.2. The van der Waals surface area contributed by atoms with Crippen molar-refractivity contribution in [1.29, 1.82) is 0 Å². The average Bonchev–Trinajstić information content (AvgIpc) is 2.20. The van der Waals surface area contributed by atoms with Gasteiger partial charge in [0.05, 0.1) is 10.5 Å². The smallest absolute Gasteiger partial charge is 0.155 e. The van der Waals surface area contributed by atoms with E-state index in [9.17, 15) is 8.42 Å².